The van der Waals surface area contributed by atoms with Gasteiger partial charge >= 0.3 is 0 Å². The monoisotopic (exact) mass is 409 g/mol. The van der Waals surface area contributed by atoms with Crippen molar-refractivity contribution in [1.82, 2.24) is 9.97 Å². The molecule has 1 atom stereocenters. The first-order chi connectivity index (χ1) is 14.4. The predicted molar refractivity (Wildman–Crippen MR) is 115 cm³/mol. The molecule has 0 radical (unpaired) electrons. The molecule has 4 N–H and O–H groups in total. The van der Waals surface area contributed by atoms with Crippen molar-refractivity contribution < 1.29 is 14.6 Å². The molecule has 8 nitrogen and oxygen atoms in total. The lowest BCUT2D eigenvalue weighted by molar-refractivity contribution is -0.111. The lowest BCUT2D eigenvalue weighted by atomic mass is 9.87. The Morgan fingerprint density at radius 2 is 2.00 bits per heavy atom. The van der Waals surface area contributed by atoms with Gasteiger partial charge in [-0.25, -0.2) is 9.97 Å². The highest BCUT2D eigenvalue weighted by Crippen LogP contribution is 2.48. The summed E-state index contributed by atoms with van der Waals surface area (Å²) >= 11 is 0. The zero-order valence-electron chi connectivity index (χ0n) is 17.3. The standard InChI is InChI=1S/C22H27N5O3/c1-22(2)12-14-10-17(26-21(29)16(13-23)20-24-4-3-5-25-20)18(11-15(14)19(22)28)27-6-8-30-9-7-27/h3-5,10-11,13,19,28H,6-9,12,23H2,1-2H3,(H,26,29)/b16-13+/t19-/m1/s1. The summed E-state index contributed by atoms with van der Waals surface area (Å²) in [5.74, 6) is -0.112. The Bertz CT molecular complexity index is 968. The summed E-state index contributed by atoms with van der Waals surface area (Å²) in [5.41, 5.74) is 9.17. The second-order valence-corrected chi connectivity index (χ2v) is 8.34. The molecule has 1 aromatic heterocycles. The van der Waals surface area contributed by atoms with E-state index in [-0.39, 0.29) is 22.7 Å². The first kappa shape index (κ1) is 20.3. The maximum Gasteiger partial charge on any atom is 0.261 e. The van der Waals surface area contributed by atoms with E-state index in [0.29, 0.717) is 32.0 Å². The summed E-state index contributed by atoms with van der Waals surface area (Å²) in [6, 6.07) is 5.65. The number of benzene rings is 1. The molecular formula is C22H27N5O3. The van der Waals surface area contributed by atoms with Crippen molar-refractivity contribution >= 4 is 22.9 Å². The lowest BCUT2D eigenvalue weighted by Crippen LogP contribution is -2.37. The number of rotatable bonds is 4. The third kappa shape index (κ3) is 3.76. The van der Waals surface area contributed by atoms with Gasteiger partial charge in [0.2, 0.25) is 0 Å². The Balaban J connectivity index is 1.70. The van der Waals surface area contributed by atoms with Crippen LogP contribution in [0.2, 0.25) is 0 Å². The topological polar surface area (TPSA) is 114 Å². The molecule has 158 valence electrons. The summed E-state index contributed by atoms with van der Waals surface area (Å²) < 4.78 is 5.48. The highest BCUT2D eigenvalue weighted by molar-refractivity contribution is 6.24. The van der Waals surface area contributed by atoms with Gasteiger partial charge in [-0.1, -0.05) is 13.8 Å². The number of aliphatic hydroxyl groups excluding tert-OH is 1. The van der Waals surface area contributed by atoms with Crippen LogP contribution in [0.1, 0.15) is 36.9 Å². The number of ether oxygens (including phenoxy) is 1. The molecule has 0 bridgehead atoms. The largest absolute Gasteiger partial charge is 0.404 e. The van der Waals surface area contributed by atoms with Crippen LogP contribution < -0.4 is 16.0 Å². The maximum atomic E-state index is 13.0. The number of aliphatic hydroxyl groups is 1. The third-order valence-electron chi connectivity index (χ3n) is 5.76. The van der Waals surface area contributed by atoms with Crippen molar-refractivity contribution in [1.29, 1.82) is 0 Å². The van der Waals surface area contributed by atoms with Crippen molar-refractivity contribution in [3.63, 3.8) is 0 Å². The van der Waals surface area contributed by atoms with Crippen LogP contribution in [0.25, 0.3) is 5.57 Å². The minimum Gasteiger partial charge on any atom is -0.404 e. The smallest absolute Gasteiger partial charge is 0.261 e. The SMILES string of the molecule is CC1(C)Cc2cc(NC(=O)/C(=C/N)c3ncccn3)c(N3CCOCC3)cc2[C@H]1O. The molecule has 30 heavy (non-hydrogen) atoms. The quantitative estimate of drug-likeness (QED) is 0.661. The Morgan fingerprint density at radius 1 is 1.30 bits per heavy atom. The molecule has 1 saturated heterocycles. The molecule has 8 heteroatoms. The van der Waals surface area contributed by atoms with Gasteiger partial charge < -0.3 is 25.8 Å². The normalized spacial score (nSPS) is 20.7. The van der Waals surface area contributed by atoms with Gasteiger partial charge in [-0.2, -0.15) is 0 Å². The van der Waals surface area contributed by atoms with E-state index in [1.807, 2.05) is 26.0 Å². The number of amides is 1. The number of nitrogens with zero attached hydrogens (tertiary/aromatic N) is 3. The molecule has 0 unspecified atom stereocenters. The molecule has 2 aromatic rings. The highest BCUT2D eigenvalue weighted by Gasteiger charge is 2.39. The zero-order chi connectivity index (χ0) is 21.3. The van der Waals surface area contributed by atoms with Gasteiger partial charge in [-0.3, -0.25) is 4.79 Å². The molecule has 1 aliphatic carbocycles. The van der Waals surface area contributed by atoms with Crippen LogP contribution in [0.15, 0.2) is 36.8 Å². The zero-order valence-corrected chi connectivity index (χ0v) is 17.3. The minimum atomic E-state index is -0.547. The summed E-state index contributed by atoms with van der Waals surface area (Å²) in [5, 5.41) is 13.8. The Labute approximate surface area is 175 Å². The van der Waals surface area contributed by atoms with E-state index in [1.54, 1.807) is 18.5 Å². The van der Waals surface area contributed by atoms with E-state index in [2.05, 4.69) is 20.2 Å². The van der Waals surface area contributed by atoms with Gasteiger partial charge in [0.25, 0.3) is 5.91 Å². The average molecular weight is 409 g/mol. The van der Waals surface area contributed by atoms with Crippen molar-refractivity contribution in [2.75, 3.05) is 36.5 Å². The summed E-state index contributed by atoms with van der Waals surface area (Å²) in [6.45, 7) is 6.75. The molecule has 2 heterocycles. The molecule has 1 amide bonds. The number of nitrogens with one attached hydrogen (secondary N) is 1. The fraction of sp³-hybridized carbons (Fsp3) is 0.409. The second-order valence-electron chi connectivity index (χ2n) is 8.34. The van der Waals surface area contributed by atoms with Crippen LogP contribution in [0.3, 0.4) is 0 Å². The molecule has 0 spiro atoms. The van der Waals surface area contributed by atoms with E-state index >= 15 is 0 Å². The van der Waals surface area contributed by atoms with E-state index in [1.165, 1.54) is 6.20 Å². The predicted octanol–water partition coefficient (Wildman–Crippen LogP) is 1.87. The van der Waals surface area contributed by atoms with Crippen LogP contribution in [0, 0.1) is 5.41 Å². The Kier molecular flexibility index (Phi) is 5.44. The number of aromatic nitrogens is 2. The molecule has 1 fully saturated rings. The fourth-order valence-corrected chi connectivity index (χ4v) is 4.11. The number of fused-ring (bicyclic) bond motifs is 1. The summed E-state index contributed by atoms with van der Waals surface area (Å²) in [7, 11) is 0. The van der Waals surface area contributed by atoms with Gasteiger partial charge in [0.05, 0.1) is 36.3 Å². The number of hydrogen-bond donors (Lipinski definition) is 3. The van der Waals surface area contributed by atoms with Gasteiger partial charge in [0.1, 0.15) is 0 Å². The summed E-state index contributed by atoms with van der Waals surface area (Å²) in [6.07, 6.45) is 4.54. The molecule has 4 rings (SSSR count). The van der Waals surface area contributed by atoms with Crippen molar-refractivity contribution in [2.45, 2.75) is 26.4 Å². The van der Waals surface area contributed by atoms with Crippen LogP contribution in [0.4, 0.5) is 11.4 Å². The molecule has 1 aromatic carbocycles. The number of carbonyl (C=O) groups excluding carboxylic acids is 1. The number of morpholine rings is 1. The van der Waals surface area contributed by atoms with Gasteiger partial charge in [0.15, 0.2) is 5.82 Å². The van der Waals surface area contributed by atoms with Crippen LogP contribution in [0.5, 0.6) is 0 Å². The first-order valence-corrected chi connectivity index (χ1v) is 10.1. The fourth-order valence-electron chi connectivity index (χ4n) is 4.11. The second kappa shape index (κ2) is 8.04. The number of carbonyl (C=O) groups is 1. The van der Waals surface area contributed by atoms with Crippen LogP contribution >= 0.6 is 0 Å². The van der Waals surface area contributed by atoms with E-state index in [9.17, 15) is 9.90 Å². The van der Waals surface area contributed by atoms with Crippen molar-refractivity contribution in [2.24, 2.45) is 11.1 Å². The van der Waals surface area contributed by atoms with Gasteiger partial charge in [0, 0.05) is 31.7 Å². The lowest BCUT2D eigenvalue weighted by Gasteiger charge is -2.31. The molecule has 2 aliphatic rings. The number of anilines is 2. The van der Waals surface area contributed by atoms with Crippen LogP contribution in [-0.2, 0) is 16.0 Å². The molecule has 1 aliphatic heterocycles. The average Bonchev–Trinajstić information content (AvgIpc) is 2.97. The first-order valence-electron chi connectivity index (χ1n) is 10.1. The van der Waals surface area contributed by atoms with E-state index < -0.39 is 6.10 Å². The Hall–Kier alpha value is -2.97. The number of nitrogens with two attached hydrogens (primary N) is 1. The summed E-state index contributed by atoms with van der Waals surface area (Å²) in [4.78, 5) is 23.5. The molecule has 0 saturated carbocycles. The van der Waals surface area contributed by atoms with E-state index in [4.69, 9.17) is 10.5 Å². The van der Waals surface area contributed by atoms with Crippen LogP contribution in [-0.4, -0.2) is 47.3 Å². The Morgan fingerprint density at radius 3 is 2.67 bits per heavy atom. The van der Waals surface area contributed by atoms with Gasteiger partial charge in [-0.15, -0.1) is 0 Å². The van der Waals surface area contributed by atoms with Gasteiger partial charge in [-0.05, 0) is 41.2 Å². The van der Waals surface area contributed by atoms with Crippen molar-refractivity contribution in [3.8, 4) is 0 Å². The van der Waals surface area contributed by atoms with E-state index in [0.717, 1.165) is 23.2 Å². The highest BCUT2D eigenvalue weighted by atomic mass is 16.5. The minimum absolute atomic E-state index is 0.199. The maximum absolute atomic E-state index is 13.0. The number of hydrogen-bond acceptors (Lipinski definition) is 7. The molecular weight excluding hydrogens is 382 g/mol. The van der Waals surface area contributed by atoms with Crippen molar-refractivity contribution in [3.05, 3.63) is 53.7 Å². The third-order valence-corrected chi connectivity index (χ3v) is 5.76.